The number of nitrogens with zero attached hydrogens (tertiary/aromatic N) is 4. The van der Waals surface area contributed by atoms with Crippen molar-refractivity contribution in [2.45, 2.75) is 13.8 Å². The molecule has 0 atom stereocenters. The van der Waals surface area contributed by atoms with Crippen LogP contribution in [0.1, 0.15) is 24.3 Å². The van der Waals surface area contributed by atoms with Gasteiger partial charge < -0.3 is 4.90 Å². The van der Waals surface area contributed by atoms with Gasteiger partial charge in [-0.2, -0.15) is 5.10 Å². The maximum atomic E-state index is 12.3. The van der Waals surface area contributed by atoms with Crippen molar-refractivity contribution in [3.63, 3.8) is 0 Å². The van der Waals surface area contributed by atoms with Gasteiger partial charge in [-0.25, -0.2) is 4.68 Å². The average molecular weight is 278 g/mol. The van der Waals surface area contributed by atoms with Crippen LogP contribution in [-0.4, -0.2) is 58.2 Å². The normalized spacial score (nSPS) is 16.7. The second-order valence-corrected chi connectivity index (χ2v) is 5.67. The van der Waals surface area contributed by atoms with Crippen molar-refractivity contribution in [2.24, 2.45) is 13.0 Å². The fourth-order valence-corrected chi connectivity index (χ4v) is 2.43. The van der Waals surface area contributed by atoms with Crippen LogP contribution in [-0.2, 0) is 7.05 Å². The lowest BCUT2D eigenvalue weighted by atomic mass is 10.2. The predicted octanol–water partition coefficient (Wildman–Crippen LogP) is 0.194. The molecule has 1 saturated heterocycles. The number of piperazine rings is 1. The monoisotopic (exact) mass is 278 g/mol. The fraction of sp³-hybridized carbons (Fsp3) is 0.643. The molecule has 0 N–H and O–H groups in total. The average Bonchev–Trinajstić information content (AvgIpc) is 2.41. The zero-order chi connectivity index (χ0) is 14.7. The summed E-state index contributed by atoms with van der Waals surface area (Å²) in [6.45, 7) is 8.70. The highest BCUT2D eigenvalue weighted by Gasteiger charge is 2.23. The Balaban J connectivity index is 1.98. The Kier molecular flexibility index (Phi) is 4.54. The smallest absolute Gasteiger partial charge is 0.274 e. The van der Waals surface area contributed by atoms with Crippen LogP contribution < -0.4 is 5.56 Å². The molecule has 6 nitrogen and oxygen atoms in total. The minimum Gasteiger partial charge on any atom is -0.335 e. The third-order valence-electron chi connectivity index (χ3n) is 3.46. The molecular weight excluding hydrogens is 256 g/mol. The first-order valence-electron chi connectivity index (χ1n) is 7.03. The molecule has 20 heavy (non-hydrogen) atoms. The van der Waals surface area contributed by atoms with Gasteiger partial charge in [0.05, 0.1) is 0 Å². The summed E-state index contributed by atoms with van der Waals surface area (Å²) >= 11 is 0. The van der Waals surface area contributed by atoms with Crippen LogP contribution in [0.25, 0.3) is 0 Å². The van der Waals surface area contributed by atoms with E-state index in [1.54, 1.807) is 7.05 Å². The van der Waals surface area contributed by atoms with Gasteiger partial charge in [-0.3, -0.25) is 14.5 Å². The third-order valence-corrected chi connectivity index (χ3v) is 3.46. The van der Waals surface area contributed by atoms with Crippen LogP contribution in [0.3, 0.4) is 0 Å². The Morgan fingerprint density at radius 1 is 1.25 bits per heavy atom. The van der Waals surface area contributed by atoms with Crippen LogP contribution in [0.2, 0.25) is 0 Å². The minimum atomic E-state index is -0.205. The Bertz CT molecular complexity index is 530. The van der Waals surface area contributed by atoms with E-state index in [0.29, 0.717) is 11.6 Å². The minimum absolute atomic E-state index is 0.0928. The van der Waals surface area contributed by atoms with Gasteiger partial charge in [0.2, 0.25) is 0 Å². The zero-order valence-corrected chi connectivity index (χ0v) is 12.4. The standard InChI is InChI=1S/C14H22N4O2/c1-11(2)10-17-6-8-18(9-7-17)14(20)12-4-5-13(19)16(3)15-12/h4-5,11H,6-10H2,1-3H3. The van der Waals surface area contributed by atoms with Crippen LogP contribution in [0.15, 0.2) is 16.9 Å². The first-order chi connectivity index (χ1) is 9.47. The Hall–Kier alpha value is -1.69. The van der Waals surface area contributed by atoms with Crippen molar-refractivity contribution in [3.8, 4) is 0 Å². The highest BCUT2D eigenvalue weighted by atomic mass is 16.2. The SMILES string of the molecule is CC(C)CN1CCN(C(=O)c2ccc(=O)n(C)n2)CC1. The molecular formula is C14H22N4O2. The quantitative estimate of drug-likeness (QED) is 0.792. The molecule has 2 rings (SSSR count). The van der Waals surface area contributed by atoms with E-state index in [1.807, 2.05) is 4.90 Å². The maximum Gasteiger partial charge on any atom is 0.274 e. The van der Waals surface area contributed by atoms with Gasteiger partial charge in [0, 0.05) is 45.8 Å². The lowest BCUT2D eigenvalue weighted by Crippen LogP contribution is -2.49. The lowest BCUT2D eigenvalue weighted by Gasteiger charge is -2.35. The molecule has 1 aromatic rings. The summed E-state index contributed by atoms with van der Waals surface area (Å²) in [5, 5.41) is 4.01. The number of amides is 1. The number of aryl methyl sites for hydroxylation is 1. The van der Waals surface area contributed by atoms with Crippen molar-refractivity contribution >= 4 is 5.91 Å². The van der Waals surface area contributed by atoms with Gasteiger partial charge in [-0.15, -0.1) is 0 Å². The number of hydrogen-bond acceptors (Lipinski definition) is 4. The lowest BCUT2D eigenvalue weighted by molar-refractivity contribution is 0.0615. The molecule has 110 valence electrons. The molecule has 1 aliphatic heterocycles. The van der Waals surface area contributed by atoms with E-state index >= 15 is 0 Å². The molecule has 0 unspecified atom stereocenters. The van der Waals surface area contributed by atoms with E-state index in [2.05, 4.69) is 23.8 Å². The molecule has 0 saturated carbocycles. The fourth-order valence-electron chi connectivity index (χ4n) is 2.43. The predicted molar refractivity (Wildman–Crippen MR) is 76.7 cm³/mol. The molecule has 1 aliphatic rings. The summed E-state index contributed by atoms with van der Waals surface area (Å²) in [7, 11) is 1.56. The maximum absolute atomic E-state index is 12.3. The van der Waals surface area contributed by atoms with E-state index in [0.717, 1.165) is 32.7 Å². The second-order valence-electron chi connectivity index (χ2n) is 5.67. The Morgan fingerprint density at radius 3 is 2.45 bits per heavy atom. The highest BCUT2D eigenvalue weighted by molar-refractivity contribution is 5.92. The summed E-state index contributed by atoms with van der Waals surface area (Å²) in [5.41, 5.74) is 0.132. The van der Waals surface area contributed by atoms with E-state index in [9.17, 15) is 9.59 Å². The summed E-state index contributed by atoms with van der Waals surface area (Å²) < 4.78 is 1.20. The first kappa shape index (κ1) is 14.7. The number of carbonyl (C=O) groups excluding carboxylic acids is 1. The third kappa shape index (κ3) is 3.45. The van der Waals surface area contributed by atoms with Crippen molar-refractivity contribution in [1.29, 1.82) is 0 Å². The summed E-state index contributed by atoms with van der Waals surface area (Å²) in [5.74, 6) is 0.548. The van der Waals surface area contributed by atoms with Gasteiger partial charge >= 0.3 is 0 Å². The molecule has 0 bridgehead atoms. The van der Waals surface area contributed by atoms with Gasteiger partial charge in [-0.1, -0.05) is 13.8 Å². The number of rotatable bonds is 3. The van der Waals surface area contributed by atoms with E-state index in [4.69, 9.17) is 0 Å². The highest BCUT2D eigenvalue weighted by Crippen LogP contribution is 2.08. The summed E-state index contributed by atoms with van der Waals surface area (Å²) in [4.78, 5) is 27.8. The number of carbonyl (C=O) groups is 1. The number of aromatic nitrogens is 2. The second kappa shape index (κ2) is 6.17. The molecule has 2 heterocycles. The van der Waals surface area contributed by atoms with Crippen LogP contribution in [0.4, 0.5) is 0 Å². The number of hydrogen-bond donors (Lipinski definition) is 0. The molecule has 1 fully saturated rings. The van der Waals surface area contributed by atoms with Gasteiger partial charge in [0.1, 0.15) is 5.69 Å². The molecule has 0 radical (unpaired) electrons. The van der Waals surface area contributed by atoms with Gasteiger partial charge in [-0.05, 0) is 12.0 Å². The van der Waals surface area contributed by atoms with Crippen molar-refractivity contribution < 1.29 is 4.79 Å². The topological polar surface area (TPSA) is 58.4 Å². The van der Waals surface area contributed by atoms with Crippen LogP contribution in [0, 0.1) is 5.92 Å². The molecule has 0 aromatic carbocycles. The first-order valence-corrected chi connectivity index (χ1v) is 7.03. The molecule has 0 aliphatic carbocycles. The van der Waals surface area contributed by atoms with E-state index < -0.39 is 0 Å². The van der Waals surface area contributed by atoms with Crippen LogP contribution >= 0.6 is 0 Å². The van der Waals surface area contributed by atoms with E-state index in [-0.39, 0.29) is 11.5 Å². The largest absolute Gasteiger partial charge is 0.335 e. The van der Waals surface area contributed by atoms with Crippen molar-refractivity contribution in [2.75, 3.05) is 32.7 Å². The molecule has 1 amide bonds. The molecule has 6 heteroatoms. The zero-order valence-electron chi connectivity index (χ0n) is 12.4. The Labute approximate surface area is 119 Å². The Morgan fingerprint density at radius 2 is 1.90 bits per heavy atom. The molecule has 1 aromatic heterocycles. The summed E-state index contributed by atoms with van der Waals surface area (Å²) in [6, 6.07) is 2.89. The summed E-state index contributed by atoms with van der Waals surface area (Å²) in [6.07, 6.45) is 0. The van der Waals surface area contributed by atoms with Crippen molar-refractivity contribution in [3.05, 3.63) is 28.2 Å². The van der Waals surface area contributed by atoms with Crippen LogP contribution in [0.5, 0.6) is 0 Å². The van der Waals surface area contributed by atoms with Gasteiger partial charge in [0.25, 0.3) is 11.5 Å². The molecule has 0 spiro atoms. The van der Waals surface area contributed by atoms with Gasteiger partial charge in [0.15, 0.2) is 0 Å². The van der Waals surface area contributed by atoms with Crippen molar-refractivity contribution in [1.82, 2.24) is 19.6 Å². The van der Waals surface area contributed by atoms with E-state index in [1.165, 1.54) is 16.8 Å².